The number of halogens is 1. The predicted octanol–water partition coefficient (Wildman–Crippen LogP) is 2.62. The van der Waals surface area contributed by atoms with Crippen molar-refractivity contribution < 1.29 is 14.4 Å². The molecule has 5 heteroatoms. The molecule has 2 rings (SSSR count). The van der Waals surface area contributed by atoms with Gasteiger partial charge >= 0.3 is 11.1 Å². The topological polar surface area (TPSA) is 63.2 Å². The van der Waals surface area contributed by atoms with Crippen molar-refractivity contribution in [1.29, 1.82) is 0 Å². The molecule has 100 valence electrons. The zero-order valence-electron chi connectivity index (χ0n) is 10.3. The Hall–Kier alpha value is -2.46. The first kappa shape index (κ1) is 14.0. The maximum atomic E-state index is 12.3. The van der Waals surface area contributed by atoms with Crippen LogP contribution in [-0.4, -0.2) is 16.9 Å². The maximum absolute atomic E-state index is 12.3. The van der Waals surface area contributed by atoms with Crippen LogP contribution >= 0.6 is 11.6 Å². The predicted molar refractivity (Wildman–Crippen MR) is 75.8 cm³/mol. The number of hydrogen-bond donors (Lipinski definition) is 1. The molecule has 0 atom stereocenters. The molecule has 0 heterocycles. The van der Waals surface area contributed by atoms with E-state index in [1.54, 1.807) is 48.5 Å². The monoisotopic (exact) mass is 287 g/mol. The lowest BCUT2D eigenvalue weighted by atomic mass is 10.0. The molecule has 0 fully saturated rings. The fraction of sp³-hybridized carbons (Fsp3) is 0. The van der Waals surface area contributed by atoms with E-state index < -0.39 is 11.1 Å². The molecule has 0 saturated heterocycles. The fourth-order valence-corrected chi connectivity index (χ4v) is 1.75. The molecule has 0 unspecified atom stereocenters. The highest BCUT2D eigenvalue weighted by Gasteiger charge is 2.16. The Labute approximate surface area is 120 Å². The Kier molecular flexibility index (Phi) is 4.27. The van der Waals surface area contributed by atoms with Crippen molar-refractivity contribution in [2.75, 3.05) is 5.32 Å². The van der Waals surface area contributed by atoms with Crippen molar-refractivity contribution in [3.05, 3.63) is 65.7 Å². The van der Waals surface area contributed by atoms with Crippen LogP contribution in [0.2, 0.25) is 0 Å². The zero-order chi connectivity index (χ0) is 14.5. The molecule has 0 saturated carbocycles. The largest absolute Gasteiger partial charge is 0.318 e. The number of carbonyl (C=O) groups excluding carboxylic acids is 3. The highest BCUT2D eigenvalue weighted by molar-refractivity contribution is 6.82. The summed E-state index contributed by atoms with van der Waals surface area (Å²) in [6, 6.07) is 15.1. The number of para-hydroxylation sites is 1. The normalized spacial score (nSPS) is 9.85. The number of hydrogen-bond acceptors (Lipinski definition) is 3. The number of carbonyl (C=O) groups is 3. The summed E-state index contributed by atoms with van der Waals surface area (Å²) in [7, 11) is 0. The van der Waals surface area contributed by atoms with E-state index in [0.29, 0.717) is 11.1 Å². The number of rotatable bonds is 4. The zero-order valence-corrected chi connectivity index (χ0v) is 11.1. The summed E-state index contributed by atoms with van der Waals surface area (Å²) >= 11 is 5.09. The van der Waals surface area contributed by atoms with Crippen LogP contribution in [0.25, 0.3) is 0 Å². The molecule has 20 heavy (non-hydrogen) atoms. The summed E-state index contributed by atoms with van der Waals surface area (Å²) in [5.41, 5.74) is 1.04. The number of anilines is 1. The van der Waals surface area contributed by atoms with Crippen LogP contribution in [0.1, 0.15) is 15.9 Å². The molecule has 0 aliphatic rings. The lowest BCUT2D eigenvalue weighted by Gasteiger charge is -2.08. The van der Waals surface area contributed by atoms with Crippen LogP contribution in [0.4, 0.5) is 5.69 Å². The van der Waals surface area contributed by atoms with Crippen molar-refractivity contribution in [2.24, 2.45) is 0 Å². The van der Waals surface area contributed by atoms with Gasteiger partial charge in [0, 0.05) is 11.1 Å². The van der Waals surface area contributed by atoms with E-state index in [-0.39, 0.29) is 11.5 Å². The third-order valence-corrected chi connectivity index (χ3v) is 2.81. The van der Waals surface area contributed by atoms with Crippen molar-refractivity contribution in [3.63, 3.8) is 0 Å². The molecule has 0 spiro atoms. The van der Waals surface area contributed by atoms with Crippen molar-refractivity contribution in [1.82, 2.24) is 0 Å². The van der Waals surface area contributed by atoms with Gasteiger partial charge in [-0.15, -0.1) is 0 Å². The van der Waals surface area contributed by atoms with Gasteiger partial charge in [0.25, 0.3) is 0 Å². The molecule has 1 N–H and O–H groups in total. The van der Waals surface area contributed by atoms with E-state index in [2.05, 4.69) is 5.32 Å². The number of benzene rings is 2. The van der Waals surface area contributed by atoms with Crippen molar-refractivity contribution in [2.45, 2.75) is 0 Å². The molecule has 0 bridgehead atoms. The Morgan fingerprint density at radius 2 is 1.45 bits per heavy atom. The summed E-state index contributed by atoms with van der Waals surface area (Å²) in [5, 5.41) is 1.19. The van der Waals surface area contributed by atoms with Gasteiger partial charge in [0.1, 0.15) is 0 Å². The second-order valence-corrected chi connectivity index (χ2v) is 4.31. The molecule has 0 aromatic heterocycles. The van der Waals surface area contributed by atoms with Crippen LogP contribution in [0.5, 0.6) is 0 Å². The molecular formula is C15H10ClNO3. The minimum atomic E-state index is -1.13. The van der Waals surface area contributed by atoms with Crippen molar-refractivity contribution >= 4 is 34.2 Å². The molecular weight excluding hydrogens is 278 g/mol. The standard InChI is InChI=1S/C15H10ClNO3/c16-14(19)15(20)17-12-9-5-4-8-11(12)13(18)10-6-2-1-3-7-10/h1-9H,(H,17,20). The minimum Gasteiger partial charge on any atom is -0.318 e. The smallest absolute Gasteiger partial charge is 0.310 e. The van der Waals surface area contributed by atoms with E-state index in [9.17, 15) is 14.4 Å². The van der Waals surface area contributed by atoms with Crippen LogP contribution in [-0.2, 0) is 9.59 Å². The third kappa shape index (κ3) is 3.10. The Morgan fingerprint density at radius 1 is 0.850 bits per heavy atom. The molecule has 1 amide bonds. The van der Waals surface area contributed by atoms with Gasteiger partial charge in [-0.25, -0.2) is 0 Å². The minimum absolute atomic E-state index is 0.247. The summed E-state index contributed by atoms with van der Waals surface area (Å²) < 4.78 is 0. The van der Waals surface area contributed by atoms with Gasteiger partial charge in [-0.1, -0.05) is 42.5 Å². The quantitative estimate of drug-likeness (QED) is 0.534. The molecule has 0 radical (unpaired) electrons. The number of nitrogens with one attached hydrogen (secondary N) is 1. The average Bonchev–Trinajstić information content (AvgIpc) is 2.48. The fourth-order valence-electron chi connectivity index (χ4n) is 1.71. The molecule has 0 aliphatic heterocycles. The van der Waals surface area contributed by atoms with E-state index in [1.165, 1.54) is 6.07 Å². The Morgan fingerprint density at radius 3 is 2.10 bits per heavy atom. The molecule has 4 nitrogen and oxygen atoms in total. The van der Waals surface area contributed by atoms with Crippen LogP contribution in [0, 0.1) is 0 Å². The second kappa shape index (κ2) is 6.12. The number of ketones is 1. The first-order chi connectivity index (χ1) is 9.59. The molecule has 2 aromatic carbocycles. The van der Waals surface area contributed by atoms with Crippen molar-refractivity contribution in [3.8, 4) is 0 Å². The van der Waals surface area contributed by atoms with Gasteiger partial charge in [0.05, 0.1) is 5.69 Å². The second-order valence-electron chi connectivity index (χ2n) is 3.97. The third-order valence-electron chi connectivity index (χ3n) is 2.63. The van der Waals surface area contributed by atoms with Gasteiger partial charge < -0.3 is 5.32 Å². The first-order valence-corrected chi connectivity index (χ1v) is 6.17. The first-order valence-electron chi connectivity index (χ1n) is 5.79. The SMILES string of the molecule is O=C(Cl)C(=O)Nc1ccccc1C(=O)c1ccccc1. The maximum Gasteiger partial charge on any atom is 0.310 e. The van der Waals surface area contributed by atoms with Crippen LogP contribution < -0.4 is 5.32 Å². The van der Waals surface area contributed by atoms with E-state index in [0.717, 1.165) is 0 Å². The summed E-state index contributed by atoms with van der Waals surface area (Å²) in [4.78, 5) is 34.4. The van der Waals surface area contributed by atoms with Crippen LogP contribution in [0.15, 0.2) is 54.6 Å². The average molecular weight is 288 g/mol. The Bertz CT molecular complexity index is 668. The van der Waals surface area contributed by atoms with Gasteiger partial charge in [-0.2, -0.15) is 0 Å². The van der Waals surface area contributed by atoms with E-state index >= 15 is 0 Å². The van der Waals surface area contributed by atoms with Gasteiger partial charge in [0.15, 0.2) is 5.78 Å². The molecule has 2 aromatic rings. The van der Waals surface area contributed by atoms with Gasteiger partial charge in [0.2, 0.25) is 0 Å². The van der Waals surface area contributed by atoms with E-state index in [4.69, 9.17) is 11.6 Å². The summed E-state index contributed by atoms with van der Waals surface area (Å²) in [5.74, 6) is -1.22. The lowest BCUT2D eigenvalue weighted by molar-refractivity contribution is -0.130. The van der Waals surface area contributed by atoms with Gasteiger partial charge in [-0.3, -0.25) is 14.4 Å². The van der Waals surface area contributed by atoms with Gasteiger partial charge in [-0.05, 0) is 23.7 Å². The summed E-state index contributed by atoms with van der Waals surface area (Å²) in [6.07, 6.45) is 0. The Balaban J connectivity index is 2.35. The number of amides is 1. The summed E-state index contributed by atoms with van der Waals surface area (Å²) in [6.45, 7) is 0. The lowest BCUT2D eigenvalue weighted by Crippen LogP contribution is -2.20. The van der Waals surface area contributed by atoms with Crippen LogP contribution in [0.3, 0.4) is 0 Å². The van der Waals surface area contributed by atoms with E-state index in [1.807, 2.05) is 0 Å². The molecule has 0 aliphatic carbocycles. The highest BCUT2D eigenvalue weighted by Crippen LogP contribution is 2.19. The highest BCUT2D eigenvalue weighted by atomic mass is 35.5.